The lowest BCUT2D eigenvalue weighted by molar-refractivity contribution is 0.174. The van der Waals surface area contributed by atoms with Crippen molar-refractivity contribution in [2.45, 2.75) is 0 Å². The van der Waals surface area contributed by atoms with Crippen molar-refractivity contribution in [3.63, 3.8) is 0 Å². The van der Waals surface area contributed by atoms with Crippen LogP contribution in [0.4, 0.5) is 4.39 Å². The van der Waals surface area contributed by atoms with Gasteiger partial charge in [0.25, 0.3) is 0 Å². The van der Waals surface area contributed by atoms with Crippen molar-refractivity contribution < 1.29 is 18.6 Å². The lowest BCUT2D eigenvalue weighted by atomic mass is 9.99. The highest BCUT2D eigenvalue weighted by atomic mass is 19.1. The molecule has 0 amide bonds. The van der Waals surface area contributed by atoms with E-state index in [4.69, 9.17) is 20.6 Å². The molecule has 2 aromatic carbocycles. The predicted molar refractivity (Wildman–Crippen MR) is 72.4 cm³/mol. The Morgan fingerprint density at radius 1 is 1.20 bits per heavy atom. The molecule has 1 aliphatic rings. The van der Waals surface area contributed by atoms with Gasteiger partial charge in [0, 0.05) is 17.2 Å². The zero-order chi connectivity index (χ0) is 14.1. The molecule has 3 nitrogen and oxygen atoms in total. The minimum absolute atomic E-state index is 0.170. The van der Waals surface area contributed by atoms with Crippen LogP contribution in [0.5, 0.6) is 17.2 Å². The molecule has 0 unspecified atom stereocenters. The monoisotopic (exact) mass is 270 g/mol. The molecule has 3 rings (SSSR count). The second-order valence-corrected chi connectivity index (χ2v) is 4.24. The van der Waals surface area contributed by atoms with Crippen LogP contribution < -0.4 is 14.2 Å². The SMILES string of the molecule is C#Cc1cc2c(cc1-c1ccc(F)c(OC)c1)OCO2. The van der Waals surface area contributed by atoms with Crippen molar-refractivity contribution in [3.05, 3.63) is 41.7 Å². The molecule has 0 aliphatic carbocycles. The number of methoxy groups -OCH3 is 1. The molecule has 1 heterocycles. The van der Waals surface area contributed by atoms with Gasteiger partial charge in [-0.05, 0) is 23.8 Å². The van der Waals surface area contributed by atoms with Crippen LogP contribution in [0.15, 0.2) is 30.3 Å². The van der Waals surface area contributed by atoms with E-state index < -0.39 is 5.82 Å². The molecule has 0 saturated carbocycles. The first-order valence-electron chi connectivity index (χ1n) is 5.97. The maximum Gasteiger partial charge on any atom is 0.231 e. The van der Waals surface area contributed by atoms with E-state index in [2.05, 4.69) is 5.92 Å². The Labute approximate surface area is 115 Å². The Bertz CT molecular complexity index is 716. The van der Waals surface area contributed by atoms with Crippen LogP contribution in [0.2, 0.25) is 0 Å². The lowest BCUT2D eigenvalue weighted by Gasteiger charge is -2.09. The smallest absolute Gasteiger partial charge is 0.231 e. The summed E-state index contributed by atoms with van der Waals surface area (Å²) in [6, 6.07) is 8.14. The minimum atomic E-state index is -0.417. The molecule has 0 fully saturated rings. The molecule has 0 aromatic heterocycles. The molecule has 0 spiro atoms. The van der Waals surface area contributed by atoms with Gasteiger partial charge >= 0.3 is 0 Å². The van der Waals surface area contributed by atoms with E-state index in [1.807, 2.05) is 0 Å². The summed E-state index contributed by atoms with van der Waals surface area (Å²) in [4.78, 5) is 0. The van der Waals surface area contributed by atoms with Gasteiger partial charge in [-0.25, -0.2) is 4.39 Å². The van der Waals surface area contributed by atoms with E-state index in [0.29, 0.717) is 17.1 Å². The first-order chi connectivity index (χ1) is 9.72. The number of fused-ring (bicyclic) bond motifs is 1. The molecule has 2 aromatic rings. The molecule has 0 bridgehead atoms. The van der Waals surface area contributed by atoms with E-state index >= 15 is 0 Å². The van der Waals surface area contributed by atoms with Gasteiger partial charge < -0.3 is 14.2 Å². The normalized spacial score (nSPS) is 12.1. The quantitative estimate of drug-likeness (QED) is 0.784. The third kappa shape index (κ3) is 1.94. The van der Waals surface area contributed by atoms with Gasteiger partial charge in [-0.15, -0.1) is 6.42 Å². The Morgan fingerprint density at radius 3 is 2.65 bits per heavy atom. The van der Waals surface area contributed by atoms with Gasteiger partial charge in [-0.3, -0.25) is 0 Å². The van der Waals surface area contributed by atoms with Crippen LogP contribution in [0.3, 0.4) is 0 Å². The Hall–Kier alpha value is -2.67. The van der Waals surface area contributed by atoms with E-state index in [1.165, 1.54) is 13.2 Å². The van der Waals surface area contributed by atoms with Gasteiger partial charge in [0.05, 0.1) is 7.11 Å². The van der Waals surface area contributed by atoms with Crippen molar-refractivity contribution in [1.29, 1.82) is 0 Å². The maximum atomic E-state index is 13.5. The fraction of sp³-hybridized carbons (Fsp3) is 0.125. The van der Waals surface area contributed by atoms with Crippen LogP contribution in [-0.4, -0.2) is 13.9 Å². The van der Waals surface area contributed by atoms with Crippen LogP contribution in [0, 0.1) is 18.2 Å². The Morgan fingerprint density at radius 2 is 1.95 bits per heavy atom. The van der Waals surface area contributed by atoms with E-state index in [-0.39, 0.29) is 12.5 Å². The summed E-state index contributed by atoms with van der Waals surface area (Å²) >= 11 is 0. The van der Waals surface area contributed by atoms with Crippen LogP contribution >= 0.6 is 0 Å². The molecule has 0 atom stereocenters. The van der Waals surface area contributed by atoms with E-state index in [9.17, 15) is 4.39 Å². The van der Waals surface area contributed by atoms with Crippen molar-refractivity contribution in [1.82, 2.24) is 0 Å². The van der Waals surface area contributed by atoms with E-state index in [1.54, 1.807) is 24.3 Å². The third-order valence-electron chi connectivity index (χ3n) is 3.13. The average molecular weight is 270 g/mol. The highest BCUT2D eigenvalue weighted by Crippen LogP contribution is 2.39. The molecular formula is C16H11FO3. The standard InChI is InChI=1S/C16H11FO3/c1-3-10-6-15-16(20-9-19-15)8-12(10)11-4-5-13(17)14(7-11)18-2/h1,4-8H,9H2,2H3. The summed E-state index contributed by atoms with van der Waals surface area (Å²) < 4.78 is 29.1. The summed E-state index contributed by atoms with van der Waals surface area (Å²) in [6.45, 7) is 0.176. The number of terminal acetylenes is 1. The van der Waals surface area contributed by atoms with Gasteiger partial charge in [-0.2, -0.15) is 0 Å². The number of ether oxygens (including phenoxy) is 3. The second-order valence-electron chi connectivity index (χ2n) is 4.24. The van der Waals surface area contributed by atoms with E-state index in [0.717, 1.165) is 11.1 Å². The highest BCUT2D eigenvalue weighted by molar-refractivity contribution is 5.75. The largest absolute Gasteiger partial charge is 0.494 e. The third-order valence-corrected chi connectivity index (χ3v) is 3.13. The molecule has 0 radical (unpaired) electrons. The highest BCUT2D eigenvalue weighted by Gasteiger charge is 2.18. The van der Waals surface area contributed by atoms with Crippen molar-refractivity contribution in [2.24, 2.45) is 0 Å². The minimum Gasteiger partial charge on any atom is -0.494 e. The molecule has 20 heavy (non-hydrogen) atoms. The molecule has 0 N–H and O–H groups in total. The number of halogens is 1. The number of hydrogen-bond acceptors (Lipinski definition) is 3. The van der Waals surface area contributed by atoms with Crippen LogP contribution in [0.25, 0.3) is 11.1 Å². The number of benzene rings is 2. The number of hydrogen-bond donors (Lipinski definition) is 0. The first kappa shape index (κ1) is 12.4. The number of rotatable bonds is 2. The predicted octanol–water partition coefficient (Wildman–Crippen LogP) is 3.21. The van der Waals surface area contributed by atoms with Crippen molar-refractivity contribution in [2.75, 3.05) is 13.9 Å². The van der Waals surface area contributed by atoms with Gasteiger partial charge in [0.15, 0.2) is 23.1 Å². The van der Waals surface area contributed by atoms with Gasteiger partial charge in [0.2, 0.25) is 6.79 Å². The topological polar surface area (TPSA) is 27.7 Å². The summed E-state index contributed by atoms with van der Waals surface area (Å²) in [6.07, 6.45) is 5.53. The van der Waals surface area contributed by atoms with Crippen molar-refractivity contribution >= 4 is 0 Å². The lowest BCUT2D eigenvalue weighted by Crippen LogP contribution is -1.92. The average Bonchev–Trinajstić information content (AvgIpc) is 2.93. The van der Waals surface area contributed by atoms with Crippen molar-refractivity contribution in [3.8, 4) is 40.7 Å². The second kappa shape index (κ2) is 4.78. The zero-order valence-electron chi connectivity index (χ0n) is 10.8. The molecule has 0 saturated heterocycles. The summed E-state index contributed by atoms with van der Waals surface area (Å²) in [7, 11) is 1.42. The molecule has 4 heteroatoms. The molecular weight excluding hydrogens is 259 g/mol. The Kier molecular flexibility index (Phi) is 2.96. The first-order valence-corrected chi connectivity index (χ1v) is 5.97. The van der Waals surface area contributed by atoms with Crippen LogP contribution in [-0.2, 0) is 0 Å². The van der Waals surface area contributed by atoms with Crippen LogP contribution in [0.1, 0.15) is 5.56 Å². The summed E-state index contributed by atoms with van der Waals surface area (Å²) in [5.41, 5.74) is 2.19. The summed E-state index contributed by atoms with van der Waals surface area (Å²) in [5.74, 6) is 3.61. The molecule has 100 valence electrons. The fourth-order valence-corrected chi connectivity index (χ4v) is 2.13. The summed E-state index contributed by atoms with van der Waals surface area (Å²) in [5, 5.41) is 0. The Balaban J connectivity index is 2.17. The maximum absolute atomic E-state index is 13.5. The molecule has 1 aliphatic heterocycles. The van der Waals surface area contributed by atoms with Gasteiger partial charge in [0.1, 0.15) is 0 Å². The zero-order valence-corrected chi connectivity index (χ0v) is 10.8. The fourth-order valence-electron chi connectivity index (χ4n) is 2.13. The van der Waals surface area contributed by atoms with Gasteiger partial charge in [-0.1, -0.05) is 12.0 Å².